The number of anilines is 1. The molecule has 8 nitrogen and oxygen atoms in total. The number of nitrogens with zero attached hydrogens (tertiary/aromatic N) is 2. The molecule has 1 amide bonds. The van der Waals surface area contributed by atoms with E-state index in [1.54, 1.807) is 30.3 Å². The van der Waals surface area contributed by atoms with Gasteiger partial charge in [0.1, 0.15) is 5.76 Å². The van der Waals surface area contributed by atoms with E-state index in [4.69, 9.17) is 9.47 Å². The predicted molar refractivity (Wildman–Crippen MR) is 136 cm³/mol. The number of aromatic amines is 1. The first-order valence-electron chi connectivity index (χ1n) is 11.4. The fourth-order valence-electron chi connectivity index (χ4n) is 4.49. The number of hydrogen-bond acceptors (Lipinski definition) is 6. The minimum atomic E-state index is -0.952. The lowest BCUT2D eigenvalue weighted by molar-refractivity contribution is -0.132. The second kappa shape index (κ2) is 8.88. The van der Waals surface area contributed by atoms with Crippen LogP contribution < -0.4 is 14.4 Å². The van der Waals surface area contributed by atoms with Gasteiger partial charge in [0.2, 0.25) is 5.95 Å². The zero-order valence-electron chi connectivity index (χ0n) is 20.3. The third kappa shape index (κ3) is 3.67. The van der Waals surface area contributed by atoms with Crippen LogP contribution in [-0.4, -0.2) is 41.0 Å². The summed E-state index contributed by atoms with van der Waals surface area (Å²) in [5.41, 5.74) is 4.34. The highest BCUT2D eigenvalue weighted by Crippen LogP contribution is 2.43. The van der Waals surface area contributed by atoms with Crippen molar-refractivity contribution in [2.75, 3.05) is 19.1 Å². The van der Waals surface area contributed by atoms with Gasteiger partial charge in [-0.2, -0.15) is 0 Å². The zero-order chi connectivity index (χ0) is 25.6. The molecule has 36 heavy (non-hydrogen) atoms. The molecular weight excluding hydrogens is 458 g/mol. The van der Waals surface area contributed by atoms with Crippen LogP contribution in [0.25, 0.3) is 16.8 Å². The molecule has 5 rings (SSSR count). The summed E-state index contributed by atoms with van der Waals surface area (Å²) in [6.45, 7) is 3.88. The number of nitrogens with one attached hydrogen (secondary N) is 1. The van der Waals surface area contributed by atoms with Crippen molar-refractivity contribution in [1.82, 2.24) is 9.97 Å². The van der Waals surface area contributed by atoms with Gasteiger partial charge in [-0.15, -0.1) is 0 Å². The summed E-state index contributed by atoms with van der Waals surface area (Å²) in [6, 6.07) is 16.9. The van der Waals surface area contributed by atoms with Gasteiger partial charge in [-0.05, 0) is 60.9 Å². The summed E-state index contributed by atoms with van der Waals surface area (Å²) in [5, 5.41) is 11.4. The monoisotopic (exact) mass is 483 g/mol. The van der Waals surface area contributed by atoms with Crippen LogP contribution in [0.15, 0.2) is 66.2 Å². The van der Waals surface area contributed by atoms with Gasteiger partial charge in [-0.1, -0.05) is 30.3 Å². The van der Waals surface area contributed by atoms with Gasteiger partial charge in [0.25, 0.3) is 5.78 Å². The number of hydrogen-bond donors (Lipinski definition) is 2. The van der Waals surface area contributed by atoms with E-state index in [-0.39, 0.29) is 17.3 Å². The predicted octanol–water partition coefficient (Wildman–Crippen LogP) is 4.82. The maximum absolute atomic E-state index is 13.4. The maximum atomic E-state index is 13.4. The van der Waals surface area contributed by atoms with Gasteiger partial charge < -0.3 is 19.6 Å². The van der Waals surface area contributed by atoms with E-state index in [0.717, 1.165) is 16.6 Å². The number of fused-ring (bicyclic) bond motifs is 1. The fraction of sp³-hybridized carbons (Fsp3) is 0.179. The van der Waals surface area contributed by atoms with Crippen LogP contribution in [0.4, 0.5) is 5.95 Å². The Balaban J connectivity index is 1.76. The van der Waals surface area contributed by atoms with Gasteiger partial charge in [0, 0.05) is 5.56 Å². The Morgan fingerprint density at radius 2 is 1.69 bits per heavy atom. The number of Topliss-reactive ketones (excluding diaryl/α,β-unsaturated/α-hetero) is 1. The standard InChI is InChI=1S/C28H25N3O5/c1-15-9-10-18(13-16(15)2)25(32)23-24(17-11-12-21(35-3)22(14-17)36-4)31(27(34)26(23)33)28-29-19-7-5-6-8-20(19)30-28/h5-14,24,32H,1-4H3,(H,29,30)/b25-23+. The third-order valence-corrected chi connectivity index (χ3v) is 6.55. The molecule has 0 spiro atoms. The van der Waals surface area contributed by atoms with Gasteiger partial charge in [0.05, 0.1) is 36.9 Å². The first-order chi connectivity index (χ1) is 17.3. The second-order valence-corrected chi connectivity index (χ2v) is 8.66. The summed E-state index contributed by atoms with van der Waals surface area (Å²) in [7, 11) is 3.03. The van der Waals surface area contributed by atoms with Gasteiger partial charge in [0.15, 0.2) is 11.5 Å². The zero-order valence-corrected chi connectivity index (χ0v) is 20.3. The number of aliphatic hydroxyl groups excluding tert-OH is 1. The number of ether oxygens (including phenoxy) is 2. The second-order valence-electron chi connectivity index (χ2n) is 8.66. The van der Waals surface area contributed by atoms with Crippen molar-refractivity contribution in [2.45, 2.75) is 19.9 Å². The Morgan fingerprint density at radius 1 is 0.944 bits per heavy atom. The van der Waals surface area contributed by atoms with Crippen LogP contribution in [0, 0.1) is 13.8 Å². The number of carbonyl (C=O) groups is 2. The van der Waals surface area contributed by atoms with Gasteiger partial charge >= 0.3 is 5.91 Å². The molecule has 0 saturated carbocycles. The third-order valence-electron chi connectivity index (χ3n) is 6.55. The molecule has 1 atom stereocenters. The molecule has 4 aromatic rings. The quantitative estimate of drug-likeness (QED) is 0.240. The lowest BCUT2D eigenvalue weighted by Crippen LogP contribution is -2.30. The minimum absolute atomic E-state index is 0.0315. The van der Waals surface area contributed by atoms with Crippen LogP contribution in [0.5, 0.6) is 11.5 Å². The average molecular weight is 484 g/mol. The van der Waals surface area contributed by atoms with E-state index in [1.807, 2.05) is 44.2 Å². The molecule has 3 aromatic carbocycles. The normalized spacial score (nSPS) is 17.1. The Bertz CT molecular complexity index is 1520. The number of aromatic nitrogens is 2. The Labute approximate surface area is 207 Å². The van der Waals surface area contributed by atoms with Crippen LogP contribution >= 0.6 is 0 Å². The summed E-state index contributed by atoms with van der Waals surface area (Å²) < 4.78 is 10.8. The molecule has 1 aliphatic heterocycles. The highest BCUT2D eigenvalue weighted by molar-refractivity contribution is 6.51. The molecule has 0 radical (unpaired) electrons. The van der Waals surface area contributed by atoms with E-state index >= 15 is 0 Å². The first kappa shape index (κ1) is 23.2. The van der Waals surface area contributed by atoms with Crippen LogP contribution in [-0.2, 0) is 9.59 Å². The molecule has 2 heterocycles. The number of methoxy groups -OCH3 is 2. The van der Waals surface area contributed by atoms with Crippen molar-refractivity contribution in [2.24, 2.45) is 0 Å². The maximum Gasteiger partial charge on any atom is 0.302 e. The lowest BCUT2D eigenvalue weighted by atomic mass is 9.94. The minimum Gasteiger partial charge on any atom is -0.507 e. The number of aryl methyl sites for hydroxylation is 2. The van der Waals surface area contributed by atoms with Gasteiger partial charge in [-0.3, -0.25) is 14.5 Å². The molecule has 0 aliphatic carbocycles. The summed E-state index contributed by atoms with van der Waals surface area (Å²) >= 11 is 0. The van der Waals surface area contributed by atoms with E-state index in [1.165, 1.54) is 19.1 Å². The Kier molecular flexibility index (Phi) is 5.72. The van der Waals surface area contributed by atoms with Crippen LogP contribution in [0.1, 0.15) is 28.3 Å². The van der Waals surface area contributed by atoms with E-state index in [0.29, 0.717) is 28.1 Å². The smallest absolute Gasteiger partial charge is 0.302 e. The number of carbonyl (C=O) groups excluding carboxylic acids is 2. The molecular formula is C28H25N3O5. The Hall–Kier alpha value is -4.59. The number of imidazole rings is 1. The number of aliphatic hydroxyl groups is 1. The molecule has 1 aromatic heterocycles. The van der Waals surface area contributed by atoms with Crippen LogP contribution in [0.2, 0.25) is 0 Å². The summed E-state index contributed by atoms with van der Waals surface area (Å²) in [5.74, 6) is -0.718. The topological polar surface area (TPSA) is 105 Å². The van der Waals surface area contributed by atoms with E-state index < -0.39 is 17.7 Å². The molecule has 2 N–H and O–H groups in total. The fourth-order valence-corrected chi connectivity index (χ4v) is 4.49. The summed E-state index contributed by atoms with van der Waals surface area (Å²) in [6.07, 6.45) is 0. The summed E-state index contributed by atoms with van der Waals surface area (Å²) in [4.78, 5) is 35.8. The number of para-hydroxylation sites is 2. The molecule has 1 unspecified atom stereocenters. The average Bonchev–Trinajstić information content (AvgIpc) is 3.43. The highest BCUT2D eigenvalue weighted by atomic mass is 16.5. The van der Waals surface area contributed by atoms with Gasteiger partial charge in [-0.25, -0.2) is 4.98 Å². The van der Waals surface area contributed by atoms with Crippen molar-refractivity contribution in [3.63, 3.8) is 0 Å². The number of benzene rings is 3. The van der Waals surface area contributed by atoms with E-state index in [2.05, 4.69) is 9.97 Å². The molecule has 0 bridgehead atoms. The Morgan fingerprint density at radius 3 is 2.39 bits per heavy atom. The van der Waals surface area contributed by atoms with Crippen LogP contribution in [0.3, 0.4) is 0 Å². The first-order valence-corrected chi connectivity index (χ1v) is 11.4. The largest absolute Gasteiger partial charge is 0.507 e. The van der Waals surface area contributed by atoms with Crippen molar-refractivity contribution in [3.8, 4) is 11.5 Å². The van der Waals surface area contributed by atoms with Crippen molar-refractivity contribution in [3.05, 3.63) is 88.5 Å². The van der Waals surface area contributed by atoms with Crippen molar-refractivity contribution >= 4 is 34.4 Å². The van der Waals surface area contributed by atoms with Crippen molar-refractivity contribution < 1.29 is 24.2 Å². The van der Waals surface area contributed by atoms with E-state index in [9.17, 15) is 14.7 Å². The number of rotatable bonds is 5. The van der Waals surface area contributed by atoms with Crippen molar-refractivity contribution in [1.29, 1.82) is 0 Å². The molecule has 1 fully saturated rings. The number of amides is 1. The highest BCUT2D eigenvalue weighted by Gasteiger charge is 2.48. The number of ketones is 1. The SMILES string of the molecule is COc1ccc(C2/C(=C(\O)c3ccc(C)c(C)c3)C(=O)C(=O)N2c2nc3ccccc3[nH]2)cc1OC. The molecule has 1 aliphatic rings. The lowest BCUT2D eigenvalue weighted by Gasteiger charge is -2.24. The number of H-pyrrole nitrogens is 1. The molecule has 8 heteroatoms. The molecule has 182 valence electrons. The molecule has 1 saturated heterocycles.